The van der Waals surface area contributed by atoms with Crippen LogP contribution in [0.1, 0.15) is 67.4 Å². The molecule has 1 atom stereocenters. The summed E-state index contributed by atoms with van der Waals surface area (Å²) in [5, 5.41) is 5.53. The molecule has 0 radical (unpaired) electrons. The molecule has 1 N–H and O–H groups in total. The van der Waals surface area contributed by atoms with Crippen molar-refractivity contribution in [2.45, 2.75) is 57.0 Å². The van der Waals surface area contributed by atoms with E-state index in [1.807, 2.05) is 30.5 Å². The first-order chi connectivity index (χ1) is 14.5. The van der Waals surface area contributed by atoms with E-state index in [0.717, 1.165) is 5.69 Å². The number of rotatable bonds is 6. The first-order valence-electron chi connectivity index (χ1n) is 10.5. The van der Waals surface area contributed by atoms with Gasteiger partial charge in [-0.05, 0) is 44.7 Å². The molecule has 7 nitrogen and oxygen atoms in total. The van der Waals surface area contributed by atoms with Gasteiger partial charge in [-0.25, -0.2) is 4.98 Å². The molecule has 1 aromatic heterocycles. The van der Waals surface area contributed by atoms with Crippen molar-refractivity contribution in [2.24, 2.45) is 0 Å². The largest absolute Gasteiger partial charge is 0.315 e. The van der Waals surface area contributed by atoms with Crippen molar-refractivity contribution in [3.05, 3.63) is 40.9 Å². The van der Waals surface area contributed by atoms with Gasteiger partial charge in [-0.1, -0.05) is 12.1 Å². The maximum atomic E-state index is 13.2. The Labute approximate surface area is 179 Å². The van der Waals surface area contributed by atoms with E-state index in [1.165, 1.54) is 24.2 Å². The molecule has 2 fully saturated rings. The second-order valence-electron chi connectivity index (χ2n) is 8.42. The molecular formula is C22H24N4O3S. The number of hydrogen-bond donors (Lipinski definition) is 1. The zero-order valence-corrected chi connectivity index (χ0v) is 17.7. The Morgan fingerprint density at radius 2 is 2.10 bits per heavy atom. The minimum absolute atomic E-state index is 0.0374. The maximum Gasteiger partial charge on any atom is 0.257 e. The van der Waals surface area contributed by atoms with Gasteiger partial charge in [-0.15, -0.1) is 11.3 Å². The molecule has 2 aromatic rings. The summed E-state index contributed by atoms with van der Waals surface area (Å²) in [5.41, 5.74) is 1.64. The van der Waals surface area contributed by atoms with Crippen molar-refractivity contribution in [3.8, 4) is 0 Å². The number of thiazole rings is 1. The van der Waals surface area contributed by atoms with Gasteiger partial charge in [0.2, 0.25) is 11.8 Å². The Balaban J connectivity index is 1.25. The summed E-state index contributed by atoms with van der Waals surface area (Å²) in [6.07, 6.45) is 4.21. The molecule has 2 aliphatic heterocycles. The average molecular weight is 425 g/mol. The van der Waals surface area contributed by atoms with Crippen LogP contribution in [0.4, 0.5) is 10.8 Å². The van der Waals surface area contributed by atoms with Crippen molar-refractivity contribution in [3.63, 3.8) is 0 Å². The molecule has 0 spiro atoms. The molecule has 8 heteroatoms. The second-order valence-corrected chi connectivity index (χ2v) is 9.28. The van der Waals surface area contributed by atoms with Gasteiger partial charge in [0.25, 0.3) is 5.91 Å². The number of anilines is 2. The van der Waals surface area contributed by atoms with E-state index < -0.39 is 5.66 Å². The van der Waals surface area contributed by atoms with Crippen LogP contribution in [-0.4, -0.2) is 39.8 Å². The molecule has 0 bridgehead atoms. The summed E-state index contributed by atoms with van der Waals surface area (Å²) in [6, 6.07) is 7.27. The number of carbonyl (C=O) groups is 3. The maximum absolute atomic E-state index is 13.2. The first-order valence-corrected chi connectivity index (χ1v) is 11.3. The van der Waals surface area contributed by atoms with Crippen LogP contribution < -0.4 is 10.2 Å². The van der Waals surface area contributed by atoms with Crippen molar-refractivity contribution >= 4 is 39.9 Å². The van der Waals surface area contributed by atoms with Gasteiger partial charge < -0.3 is 10.2 Å². The van der Waals surface area contributed by atoms with Crippen molar-refractivity contribution < 1.29 is 14.4 Å². The number of nitrogens with zero attached hydrogens (tertiary/aromatic N) is 3. The number of nitrogens with one attached hydrogen (secondary N) is 1. The van der Waals surface area contributed by atoms with Crippen LogP contribution in [0.25, 0.3) is 0 Å². The molecule has 5 rings (SSSR count). The van der Waals surface area contributed by atoms with E-state index in [9.17, 15) is 14.4 Å². The summed E-state index contributed by atoms with van der Waals surface area (Å²) in [4.78, 5) is 46.2. The molecular weight excluding hydrogens is 400 g/mol. The highest BCUT2D eigenvalue weighted by Gasteiger charge is 2.52. The highest BCUT2D eigenvalue weighted by molar-refractivity contribution is 7.13. The third-order valence-electron chi connectivity index (χ3n) is 6.30. The van der Waals surface area contributed by atoms with E-state index in [4.69, 9.17) is 0 Å². The summed E-state index contributed by atoms with van der Waals surface area (Å²) in [6.45, 7) is 2.37. The lowest BCUT2D eigenvalue weighted by atomic mass is 9.98. The van der Waals surface area contributed by atoms with Crippen LogP contribution in [0.5, 0.6) is 0 Å². The fourth-order valence-electron chi connectivity index (χ4n) is 4.53. The Morgan fingerprint density at radius 3 is 2.90 bits per heavy atom. The molecule has 30 heavy (non-hydrogen) atoms. The monoisotopic (exact) mass is 424 g/mol. The zero-order valence-electron chi connectivity index (χ0n) is 16.9. The van der Waals surface area contributed by atoms with Gasteiger partial charge in [0, 0.05) is 30.7 Å². The Kier molecular flexibility index (Phi) is 4.61. The molecule has 156 valence electrons. The van der Waals surface area contributed by atoms with E-state index in [-0.39, 0.29) is 17.7 Å². The highest BCUT2D eigenvalue weighted by atomic mass is 32.1. The SMILES string of the molecule is CC12CCC(=O)N1c1ccccc1C(=O)N2CCCC(=O)Nc1nc(C2CC2)cs1. The molecule has 3 aliphatic rings. The molecule has 3 amide bonds. The van der Waals surface area contributed by atoms with Crippen molar-refractivity contribution in [1.82, 2.24) is 9.88 Å². The molecule has 1 aromatic carbocycles. The van der Waals surface area contributed by atoms with E-state index in [1.54, 1.807) is 15.9 Å². The van der Waals surface area contributed by atoms with Gasteiger partial charge in [0.15, 0.2) is 5.13 Å². The molecule has 1 saturated heterocycles. The van der Waals surface area contributed by atoms with E-state index in [0.29, 0.717) is 54.5 Å². The van der Waals surface area contributed by atoms with Gasteiger partial charge >= 0.3 is 0 Å². The number of para-hydroxylation sites is 1. The van der Waals surface area contributed by atoms with Crippen LogP contribution in [-0.2, 0) is 9.59 Å². The first kappa shape index (κ1) is 19.2. The standard InChI is InChI=1S/C22H24N4O3S/c1-22-11-10-19(28)26(22)17-6-3-2-5-15(17)20(29)25(22)12-4-7-18(27)24-21-23-16(13-30-21)14-8-9-14/h2-3,5-6,13-14H,4,7-12H2,1H3,(H,23,24,27). The lowest BCUT2D eigenvalue weighted by Gasteiger charge is -2.48. The molecule has 1 saturated carbocycles. The molecule has 1 aliphatic carbocycles. The van der Waals surface area contributed by atoms with Gasteiger partial charge in [0.05, 0.1) is 16.9 Å². The predicted octanol–water partition coefficient (Wildman–Crippen LogP) is 3.74. The zero-order chi connectivity index (χ0) is 20.9. The fraction of sp³-hybridized carbons (Fsp3) is 0.455. The topological polar surface area (TPSA) is 82.6 Å². The fourth-order valence-corrected chi connectivity index (χ4v) is 5.34. The van der Waals surface area contributed by atoms with Crippen LogP contribution in [0.3, 0.4) is 0 Å². The number of carbonyl (C=O) groups excluding carboxylic acids is 3. The summed E-state index contributed by atoms with van der Waals surface area (Å²) >= 11 is 1.46. The van der Waals surface area contributed by atoms with Gasteiger partial charge in [-0.2, -0.15) is 0 Å². The van der Waals surface area contributed by atoms with E-state index >= 15 is 0 Å². The molecule has 1 unspecified atom stereocenters. The third-order valence-corrected chi connectivity index (χ3v) is 7.07. The summed E-state index contributed by atoms with van der Waals surface area (Å²) < 4.78 is 0. The number of amides is 3. The smallest absolute Gasteiger partial charge is 0.257 e. The van der Waals surface area contributed by atoms with E-state index in [2.05, 4.69) is 10.3 Å². The normalized spacial score (nSPS) is 22.8. The summed E-state index contributed by atoms with van der Waals surface area (Å²) in [5.74, 6) is 0.433. The van der Waals surface area contributed by atoms with Crippen LogP contribution in [0, 0.1) is 0 Å². The number of aromatic nitrogens is 1. The average Bonchev–Trinajstić information content (AvgIpc) is 3.40. The van der Waals surface area contributed by atoms with Crippen molar-refractivity contribution in [1.29, 1.82) is 0 Å². The van der Waals surface area contributed by atoms with Crippen LogP contribution >= 0.6 is 11.3 Å². The minimum Gasteiger partial charge on any atom is -0.315 e. The molecule has 3 heterocycles. The minimum atomic E-state index is -0.673. The second kappa shape index (κ2) is 7.19. The highest BCUT2D eigenvalue weighted by Crippen LogP contribution is 2.44. The Hall–Kier alpha value is -2.74. The Bertz CT molecular complexity index is 1030. The van der Waals surface area contributed by atoms with Gasteiger partial charge in [-0.3, -0.25) is 19.3 Å². The number of hydrogen-bond acceptors (Lipinski definition) is 5. The predicted molar refractivity (Wildman–Crippen MR) is 115 cm³/mol. The van der Waals surface area contributed by atoms with Gasteiger partial charge in [0.1, 0.15) is 5.66 Å². The number of benzene rings is 1. The summed E-state index contributed by atoms with van der Waals surface area (Å²) in [7, 11) is 0. The lowest BCUT2D eigenvalue weighted by molar-refractivity contribution is -0.118. The van der Waals surface area contributed by atoms with Crippen LogP contribution in [0.15, 0.2) is 29.6 Å². The quantitative estimate of drug-likeness (QED) is 0.766. The lowest BCUT2D eigenvalue weighted by Crippen LogP contribution is -2.62. The van der Waals surface area contributed by atoms with Crippen LogP contribution in [0.2, 0.25) is 0 Å². The third kappa shape index (κ3) is 3.19. The Morgan fingerprint density at radius 1 is 1.30 bits per heavy atom. The van der Waals surface area contributed by atoms with Crippen molar-refractivity contribution in [2.75, 3.05) is 16.8 Å². The number of fused-ring (bicyclic) bond motifs is 3.